The number of aromatic nitrogens is 1. The van der Waals surface area contributed by atoms with Gasteiger partial charge >= 0.3 is 5.97 Å². The second-order valence-electron chi connectivity index (χ2n) is 5.46. The SMILES string of the molecule is Cc1ccc(C#N)c(NCC2(C(=O)O)CCCCC2)n1. The molecular formula is C15H19N3O2. The summed E-state index contributed by atoms with van der Waals surface area (Å²) in [7, 11) is 0. The average molecular weight is 273 g/mol. The number of rotatable bonds is 4. The summed E-state index contributed by atoms with van der Waals surface area (Å²) in [5, 5.41) is 21.7. The number of carboxylic acid groups (broad SMARTS) is 1. The third-order valence-corrected chi connectivity index (χ3v) is 4.01. The molecule has 0 atom stereocenters. The van der Waals surface area contributed by atoms with E-state index in [4.69, 9.17) is 5.26 Å². The molecule has 0 bridgehead atoms. The summed E-state index contributed by atoms with van der Waals surface area (Å²) in [4.78, 5) is 15.9. The van der Waals surface area contributed by atoms with E-state index in [0.717, 1.165) is 25.0 Å². The van der Waals surface area contributed by atoms with Crippen molar-refractivity contribution in [3.8, 4) is 6.07 Å². The highest BCUT2D eigenvalue weighted by molar-refractivity contribution is 5.75. The molecule has 0 unspecified atom stereocenters. The zero-order chi connectivity index (χ0) is 14.6. The van der Waals surface area contributed by atoms with Crippen molar-refractivity contribution in [3.63, 3.8) is 0 Å². The third-order valence-electron chi connectivity index (χ3n) is 4.01. The molecular weight excluding hydrogens is 254 g/mol. The molecule has 0 aromatic carbocycles. The zero-order valence-corrected chi connectivity index (χ0v) is 11.6. The Morgan fingerprint density at radius 2 is 2.15 bits per heavy atom. The quantitative estimate of drug-likeness (QED) is 0.880. The van der Waals surface area contributed by atoms with Gasteiger partial charge in [0.05, 0.1) is 11.0 Å². The molecule has 0 radical (unpaired) electrons. The minimum absolute atomic E-state index is 0.327. The van der Waals surface area contributed by atoms with Gasteiger partial charge in [-0.25, -0.2) is 4.98 Å². The van der Waals surface area contributed by atoms with Gasteiger partial charge in [-0.3, -0.25) is 4.79 Å². The Labute approximate surface area is 118 Å². The third kappa shape index (κ3) is 2.90. The summed E-state index contributed by atoms with van der Waals surface area (Å²) < 4.78 is 0. The molecule has 1 saturated carbocycles. The van der Waals surface area contributed by atoms with Gasteiger partial charge in [0, 0.05) is 12.2 Å². The molecule has 1 fully saturated rings. The van der Waals surface area contributed by atoms with Crippen molar-refractivity contribution >= 4 is 11.8 Å². The second kappa shape index (κ2) is 5.91. The summed E-state index contributed by atoms with van der Waals surface area (Å²) in [6.07, 6.45) is 4.36. The number of aliphatic carboxylic acids is 1. The maximum atomic E-state index is 11.6. The highest BCUT2D eigenvalue weighted by Gasteiger charge is 2.39. The average Bonchev–Trinajstić information content (AvgIpc) is 2.46. The van der Waals surface area contributed by atoms with E-state index in [-0.39, 0.29) is 0 Å². The van der Waals surface area contributed by atoms with Crippen molar-refractivity contribution in [2.45, 2.75) is 39.0 Å². The van der Waals surface area contributed by atoms with Crippen molar-refractivity contribution in [2.24, 2.45) is 5.41 Å². The largest absolute Gasteiger partial charge is 0.481 e. The van der Waals surface area contributed by atoms with Gasteiger partial charge in [-0.05, 0) is 31.9 Å². The lowest BCUT2D eigenvalue weighted by Crippen LogP contribution is -2.39. The lowest BCUT2D eigenvalue weighted by atomic mass is 9.74. The molecule has 5 heteroatoms. The number of carbonyl (C=O) groups is 1. The first-order valence-corrected chi connectivity index (χ1v) is 6.92. The van der Waals surface area contributed by atoms with Crippen molar-refractivity contribution in [3.05, 3.63) is 23.4 Å². The van der Waals surface area contributed by atoms with E-state index in [1.165, 1.54) is 0 Å². The van der Waals surface area contributed by atoms with Gasteiger partial charge in [-0.1, -0.05) is 19.3 Å². The Kier molecular flexibility index (Phi) is 4.23. The fourth-order valence-electron chi connectivity index (χ4n) is 2.73. The smallest absolute Gasteiger partial charge is 0.311 e. The molecule has 1 aromatic rings. The topological polar surface area (TPSA) is 86.0 Å². The van der Waals surface area contributed by atoms with Crippen LogP contribution in [0.3, 0.4) is 0 Å². The lowest BCUT2D eigenvalue weighted by molar-refractivity contribution is -0.150. The Balaban J connectivity index is 2.16. The van der Waals surface area contributed by atoms with E-state index in [1.54, 1.807) is 12.1 Å². The fourth-order valence-corrected chi connectivity index (χ4v) is 2.73. The highest BCUT2D eigenvalue weighted by atomic mass is 16.4. The van der Waals surface area contributed by atoms with Crippen LogP contribution in [0.5, 0.6) is 0 Å². The number of carboxylic acids is 1. The molecule has 2 N–H and O–H groups in total. The molecule has 1 aromatic heterocycles. The Hall–Kier alpha value is -2.09. The normalized spacial score (nSPS) is 17.2. The molecule has 20 heavy (non-hydrogen) atoms. The Bertz CT molecular complexity index is 543. The minimum atomic E-state index is -0.754. The van der Waals surface area contributed by atoms with Crippen LogP contribution in [0.1, 0.15) is 43.4 Å². The van der Waals surface area contributed by atoms with Crippen LogP contribution in [0.25, 0.3) is 0 Å². The van der Waals surface area contributed by atoms with Crippen molar-refractivity contribution in [2.75, 3.05) is 11.9 Å². The zero-order valence-electron chi connectivity index (χ0n) is 11.6. The molecule has 1 aliphatic rings. The number of anilines is 1. The van der Waals surface area contributed by atoms with Crippen LogP contribution in [-0.2, 0) is 4.79 Å². The van der Waals surface area contributed by atoms with Crippen LogP contribution in [0, 0.1) is 23.7 Å². The van der Waals surface area contributed by atoms with E-state index in [1.807, 2.05) is 6.92 Å². The van der Waals surface area contributed by atoms with Crippen LogP contribution in [-0.4, -0.2) is 22.6 Å². The van der Waals surface area contributed by atoms with Crippen molar-refractivity contribution < 1.29 is 9.90 Å². The van der Waals surface area contributed by atoms with Crippen LogP contribution in [0.4, 0.5) is 5.82 Å². The number of aryl methyl sites for hydroxylation is 1. The van der Waals surface area contributed by atoms with Crippen LogP contribution in [0.2, 0.25) is 0 Å². The van der Waals surface area contributed by atoms with E-state index in [9.17, 15) is 9.90 Å². The van der Waals surface area contributed by atoms with Gasteiger partial charge in [-0.15, -0.1) is 0 Å². The van der Waals surface area contributed by atoms with Gasteiger partial charge in [0.25, 0.3) is 0 Å². The molecule has 2 rings (SSSR count). The summed E-state index contributed by atoms with van der Waals surface area (Å²) in [5.41, 5.74) is 0.530. The number of nitriles is 1. The maximum absolute atomic E-state index is 11.6. The van der Waals surface area contributed by atoms with Gasteiger partial charge in [0.15, 0.2) is 0 Å². The van der Waals surface area contributed by atoms with Gasteiger partial charge in [0.1, 0.15) is 11.9 Å². The molecule has 5 nitrogen and oxygen atoms in total. The minimum Gasteiger partial charge on any atom is -0.481 e. The maximum Gasteiger partial charge on any atom is 0.311 e. The number of nitrogens with zero attached hydrogens (tertiary/aromatic N) is 2. The standard InChI is InChI=1S/C15H19N3O2/c1-11-5-6-12(9-16)13(18-11)17-10-15(14(19)20)7-3-2-4-8-15/h5-6H,2-4,7-8,10H2,1H3,(H,17,18)(H,19,20). The van der Waals surface area contributed by atoms with E-state index >= 15 is 0 Å². The molecule has 0 spiro atoms. The Morgan fingerprint density at radius 3 is 2.75 bits per heavy atom. The lowest BCUT2D eigenvalue weighted by Gasteiger charge is -2.33. The van der Waals surface area contributed by atoms with Crippen LogP contribution >= 0.6 is 0 Å². The fraction of sp³-hybridized carbons (Fsp3) is 0.533. The van der Waals surface area contributed by atoms with Crippen LogP contribution < -0.4 is 5.32 Å². The summed E-state index contributed by atoms with van der Waals surface area (Å²) in [5.74, 6) is -0.269. The molecule has 1 heterocycles. The van der Waals surface area contributed by atoms with Crippen molar-refractivity contribution in [1.29, 1.82) is 5.26 Å². The molecule has 1 aliphatic carbocycles. The van der Waals surface area contributed by atoms with Gasteiger partial charge in [-0.2, -0.15) is 5.26 Å². The van der Waals surface area contributed by atoms with Crippen molar-refractivity contribution in [1.82, 2.24) is 4.98 Å². The molecule has 0 amide bonds. The highest BCUT2D eigenvalue weighted by Crippen LogP contribution is 2.36. The van der Waals surface area contributed by atoms with Gasteiger partial charge < -0.3 is 10.4 Å². The summed E-state index contributed by atoms with van der Waals surface area (Å²) >= 11 is 0. The first-order chi connectivity index (χ1) is 9.57. The number of pyridine rings is 1. The first kappa shape index (κ1) is 14.3. The Morgan fingerprint density at radius 1 is 1.45 bits per heavy atom. The molecule has 0 aliphatic heterocycles. The second-order valence-corrected chi connectivity index (χ2v) is 5.46. The first-order valence-electron chi connectivity index (χ1n) is 6.92. The molecule has 0 saturated heterocycles. The van der Waals surface area contributed by atoms with E-state index in [0.29, 0.717) is 30.8 Å². The number of hydrogen-bond acceptors (Lipinski definition) is 4. The number of hydrogen-bond donors (Lipinski definition) is 2. The van der Waals surface area contributed by atoms with E-state index < -0.39 is 11.4 Å². The summed E-state index contributed by atoms with van der Waals surface area (Å²) in [6.45, 7) is 2.17. The monoisotopic (exact) mass is 273 g/mol. The van der Waals surface area contributed by atoms with Crippen LogP contribution in [0.15, 0.2) is 12.1 Å². The van der Waals surface area contributed by atoms with E-state index in [2.05, 4.69) is 16.4 Å². The predicted octanol–water partition coefficient (Wildman–Crippen LogP) is 2.71. The molecule has 106 valence electrons. The van der Waals surface area contributed by atoms with Gasteiger partial charge in [0.2, 0.25) is 0 Å². The predicted molar refractivity (Wildman–Crippen MR) is 75.3 cm³/mol. The summed E-state index contributed by atoms with van der Waals surface area (Å²) in [6, 6.07) is 5.56. The number of nitrogens with one attached hydrogen (secondary N) is 1.